The highest BCUT2D eigenvalue weighted by Crippen LogP contribution is 2.13. The normalized spacial score (nSPS) is 9.45. The molecule has 5 N–H and O–H groups in total. The van der Waals surface area contributed by atoms with Crippen molar-refractivity contribution in [1.29, 1.82) is 10.8 Å². The Hall–Kier alpha value is -1.36. The first-order valence-electron chi connectivity index (χ1n) is 7.64. The first kappa shape index (κ1) is 25.6. The lowest BCUT2D eigenvalue weighted by molar-refractivity contribution is -0.315. The highest BCUT2D eigenvalue weighted by atomic mass is 16.7. The Morgan fingerprint density at radius 3 is 1.27 bits per heavy atom. The van der Waals surface area contributed by atoms with Crippen molar-refractivity contribution in [2.24, 2.45) is 0 Å². The quantitative estimate of drug-likeness (QED) is 0.172. The number of isocyanates is 2. The van der Waals surface area contributed by atoms with Gasteiger partial charge in [-0.3, -0.25) is 0 Å². The molecule has 0 aliphatic carbocycles. The van der Waals surface area contributed by atoms with Crippen LogP contribution in [0.4, 0.5) is 0 Å². The third-order valence-electron chi connectivity index (χ3n) is 2.87. The number of hydrogen-bond acceptors (Lipinski definition) is 7. The summed E-state index contributed by atoms with van der Waals surface area (Å²) < 4.78 is 0. The minimum absolute atomic E-state index is 0.0590. The summed E-state index contributed by atoms with van der Waals surface area (Å²) in [6.07, 6.45) is 13.5. The molecule has 130 valence electrons. The lowest BCUT2D eigenvalue weighted by Gasteiger charge is -2.12. The average Bonchev–Trinajstić information content (AvgIpc) is 2.41. The Kier molecular flexibility index (Phi) is 25.5. The molecule has 0 aromatic rings. The zero-order valence-corrected chi connectivity index (χ0v) is 13.4. The monoisotopic (exact) mass is 318 g/mol. The van der Waals surface area contributed by atoms with Crippen molar-refractivity contribution in [2.45, 2.75) is 83.5 Å². The van der Waals surface area contributed by atoms with Crippen LogP contribution in [-0.4, -0.2) is 33.5 Å². The van der Waals surface area contributed by atoms with Crippen LogP contribution in [-0.2, 0) is 9.59 Å². The third kappa shape index (κ3) is 42.8. The predicted molar refractivity (Wildman–Crippen MR) is 82.7 cm³/mol. The highest BCUT2D eigenvalue weighted by Gasteiger charge is 2.16. The van der Waals surface area contributed by atoms with Crippen LogP contribution in [0.2, 0.25) is 0 Å². The second-order valence-electron chi connectivity index (χ2n) is 4.91. The Labute approximate surface area is 132 Å². The average molecular weight is 318 g/mol. The van der Waals surface area contributed by atoms with Crippen LogP contribution in [0.15, 0.2) is 0 Å². The molecule has 0 aliphatic rings. The molecule has 0 unspecified atom stereocenters. The summed E-state index contributed by atoms with van der Waals surface area (Å²) in [5, 5.41) is 36.8. The summed E-state index contributed by atoms with van der Waals surface area (Å²) in [5.41, 5.74) is 0. The van der Waals surface area contributed by atoms with Gasteiger partial charge >= 0.3 is 0 Å². The summed E-state index contributed by atoms with van der Waals surface area (Å²) in [4.78, 5) is 16.7. The maximum Gasteiger partial charge on any atom is 0.275 e. The molecule has 0 bridgehead atoms. The Balaban J connectivity index is -0.000000515. The van der Waals surface area contributed by atoms with Gasteiger partial charge in [-0.05, 0) is 6.42 Å². The smallest absolute Gasteiger partial charge is 0.275 e. The van der Waals surface area contributed by atoms with E-state index in [9.17, 15) is 0 Å². The van der Waals surface area contributed by atoms with Gasteiger partial charge in [0.05, 0.1) is 0 Å². The van der Waals surface area contributed by atoms with E-state index in [1.165, 1.54) is 44.9 Å². The zero-order valence-electron chi connectivity index (χ0n) is 13.4. The van der Waals surface area contributed by atoms with Gasteiger partial charge in [0.2, 0.25) is 12.2 Å². The van der Waals surface area contributed by atoms with E-state index in [1.807, 2.05) is 0 Å². The molecule has 0 rings (SSSR count). The van der Waals surface area contributed by atoms with Gasteiger partial charge in [-0.15, -0.1) is 0 Å². The fourth-order valence-corrected chi connectivity index (χ4v) is 1.85. The molecule has 22 heavy (non-hydrogen) atoms. The molecule has 7 nitrogen and oxygen atoms in total. The minimum atomic E-state index is -2.46. The maximum atomic E-state index is 8.65. The van der Waals surface area contributed by atoms with Crippen molar-refractivity contribution in [2.75, 3.05) is 0 Å². The number of aliphatic hydroxyl groups is 3. The summed E-state index contributed by atoms with van der Waals surface area (Å²) in [6, 6.07) is 0. The van der Waals surface area contributed by atoms with Gasteiger partial charge in [0.25, 0.3) is 5.97 Å². The van der Waals surface area contributed by atoms with Gasteiger partial charge in [0.15, 0.2) is 0 Å². The van der Waals surface area contributed by atoms with Crippen LogP contribution in [0.3, 0.4) is 0 Å². The van der Waals surface area contributed by atoms with E-state index >= 15 is 0 Å². The van der Waals surface area contributed by atoms with Crippen LogP contribution in [0.5, 0.6) is 0 Å². The predicted octanol–water partition coefficient (Wildman–Crippen LogP) is 2.73. The minimum Gasteiger partial charge on any atom is -0.344 e. The van der Waals surface area contributed by atoms with E-state index in [-0.39, 0.29) is 6.42 Å². The lowest BCUT2D eigenvalue weighted by Crippen LogP contribution is -2.26. The molecule has 0 amide bonds. The van der Waals surface area contributed by atoms with Crippen molar-refractivity contribution >= 4 is 12.2 Å². The Morgan fingerprint density at radius 1 is 0.727 bits per heavy atom. The van der Waals surface area contributed by atoms with Crippen molar-refractivity contribution in [3.8, 4) is 0 Å². The molecule has 0 spiro atoms. The molecule has 0 aromatic carbocycles. The van der Waals surface area contributed by atoms with E-state index in [1.54, 1.807) is 0 Å². The number of rotatable bonds is 11. The van der Waals surface area contributed by atoms with Crippen molar-refractivity contribution in [3.05, 3.63) is 0 Å². The molecule has 0 fully saturated rings. The van der Waals surface area contributed by atoms with E-state index in [0.717, 1.165) is 25.0 Å². The molecule has 7 heteroatoms. The zero-order chi connectivity index (χ0) is 17.7. The second kappa shape index (κ2) is 21.9. The van der Waals surface area contributed by atoms with Crippen LogP contribution in [0, 0.1) is 10.8 Å². The van der Waals surface area contributed by atoms with Gasteiger partial charge in [0, 0.05) is 6.42 Å². The van der Waals surface area contributed by atoms with Crippen molar-refractivity contribution in [3.63, 3.8) is 0 Å². The topological polar surface area (TPSA) is 143 Å². The van der Waals surface area contributed by atoms with E-state index in [0.29, 0.717) is 6.42 Å². The molecule has 0 aromatic heterocycles. The molecular formula is C15H30N2O5. The Morgan fingerprint density at radius 2 is 1.00 bits per heavy atom. The first-order chi connectivity index (χ1) is 10.4. The third-order valence-corrected chi connectivity index (χ3v) is 2.87. The molecule has 0 radical (unpaired) electrons. The van der Waals surface area contributed by atoms with Crippen LogP contribution in [0.25, 0.3) is 0 Å². The fourth-order valence-electron chi connectivity index (χ4n) is 1.85. The van der Waals surface area contributed by atoms with E-state index in [2.05, 4.69) is 6.92 Å². The molecule has 0 aliphatic heterocycles. The molecule has 0 saturated heterocycles. The van der Waals surface area contributed by atoms with Crippen LogP contribution in [0.1, 0.15) is 77.6 Å². The second-order valence-corrected chi connectivity index (χ2v) is 4.91. The van der Waals surface area contributed by atoms with Crippen LogP contribution < -0.4 is 0 Å². The van der Waals surface area contributed by atoms with Gasteiger partial charge in [-0.1, -0.05) is 64.7 Å². The highest BCUT2D eigenvalue weighted by molar-refractivity contribution is 5.26. The van der Waals surface area contributed by atoms with E-state index in [4.69, 9.17) is 35.7 Å². The largest absolute Gasteiger partial charge is 0.344 e. The van der Waals surface area contributed by atoms with Crippen LogP contribution >= 0.6 is 0 Å². The van der Waals surface area contributed by atoms with Gasteiger partial charge in [-0.2, -0.15) is 0 Å². The first-order valence-corrected chi connectivity index (χ1v) is 7.64. The standard InChI is InChI=1S/C13H28O3.2CHNO/c1-2-3-4-5-6-7-8-9-10-11-12-13(14,15)16;2*2-1-3/h14-16H,2-12H2,1H3;2*2H. The van der Waals surface area contributed by atoms with Crippen molar-refractivity contribution in [1.82, 2.24) is 0 Å². The summed E-state index contributed by atoms with van der Waals surface area (Å²) in [5.74, 6) is -2.46. The van der Waals surface area contributed by atoms with Crippen molar-refractivity contribution < 1.29 is 24.9 Å². The SMILES string of the molecule is CCCCCCCCCCCCC(O)(O)O.N=C=O.N=C=O. The number of carbonyl (C=O) groups excluding carboxylic acids is 2. The maximum absolute atomic E-state index is 8.65. The summed E-state index contributed by atoms with van der Waals surface area (Å²) in [7, 11) is 0. The number of nitrogens with one attached hydrogen (secondary N) is 2. The molecule has 0 atom stereocenters. The summed E-state index contributed by atoms with van der Waals surface area (Å²) >= 11 is 0. The number of unbranched alkanes of at least 4 members (excludes halogenated alkanes) is 9. The lowest BCUT2D eigenvalue weighted by atomic mass is 10.1. The van der Waals surface area contributed by atoms with Gasteiger partial charge in [-0.25, -0.2) is 20.4 Å². The summed E-state index contributed by atoms with van der Waals surface area (Å²) in [6.45, 7) is 2.23. The van der Waals surface area contributed by atoms with Gasteiger partial charge in [0.1, 0.15) is 0 Å². The Bertz CT molecular complexity index is 266. The molecular weight excluding hydrogens is 288 g/mol. The van der Waals surface area contributed by atoms with E-state index < -0.39 is 5.97 Å². The molecule has 0 saturated carbocycles. The fraction of sp³-hybridized carbons (Fsp3) is 0.867. The number of hydrogen-bond donors (Lipinski definition) is 5. The van der Waals surface area contributed by atoms with Gasteiger partial charge < -0.3 is 15.3 Å². The molecule has 0 heterocycles.